The van der Waals surface area contributed by atoms with Gasteiger partial charge in [-0.2, -0.15) is 0 Å². The zero-order valence-corrected chi connectivity index (χ0v) is 32.6. The van der Waals surface area contributed by atoms with Gasteiger partial charge in [-0.25, -0.2) is 19.9 Å². The lowest BCUT2D eigenvalue weighted by Gasteiger charge is -2.29. The summed E-state index contributed by atoms with van der Waals surface area (Å²) in [5, 5.41) is 0. The second-order valence-electron chi connectivity index (χ2n) is 10.4. The van der Waals surface area contributed by atoms with E-state index in [1.165, 1.54) is 61.2 Å². The largest absolute Gasteiger partial charge is 0.356 e. The van der Waals surface area contributed by atoms with Crippen LogP contribution in [0.4, 0.5) is 11.6 Å². The van der Waals surface area contributed by atoms with Crippen molar-refractivity contribution in [3.8, 4) is 0 Å². The van der Waals surface area contributed by atoms with Crippen LogP contribution in [0.25, 0.3) is 12.2 Å². The lowest BCUT2D eigenvalue weighted by molar-refractivity contribution is 0.571. The van der Waals surface area contributed by atoms with Crippen LogP contribution >= 0.6 is 0 Å². The molecule has 258 valence electrons. The van der Waals surface area contributed by atoms with Crippen molar-refractivity contribution in [3.05, 3.63) is 46.3 Å². The van der Waals surface area contributed by atoms with Gasteiger partial charge in [0.15, 0.2) is 0 Å². The van der Waals surface area contributed by atoms with Gasteiger partial charge >= 0.3 is 0 Å². The van der Waals surface area contributed by atoms with E-state index in [9.17, 15) is 0 Å². The molecular weight excluding hydrogens is 562 g/mol. The summed E-state index contributed by atoms with van der Waals surface area (Å²) >= 11 is 0. The molecule has 2 radical (unpaired) electrons. The summed E-state index contributed by atoms with van der Waals surface area (Å²) in [6.45, 7) is 32.6. The maximum absolute atomic E-state index is 4.64. The molecule has 2 fully saturated rings. The van der Waals surface area contributed by atoms with Gasteiger partial charge < -0.3 is 9.80 Å². The molecule has 2 aliphatic carbocycles. The zero-order valence-electron chi connectivity index (χ0n) is 32.6. The third-order valence-electron chi connectivity index (χ3n) is 6.75. The van der Waals surface area contributed by atoms with Gasteiger partial charge in [-0.3, -0.25) is 0 Å². The van der Waals surface area contributed by atoms with E-state index in [0.29, 0.717) is 0 Å². The molecule has 2 aromatic rings. The van der Waals surface area contributed by atoms with Crippen LogP contribution in [0.2, 0.25) is 27.3 Å². The highest BCUT2D eigenvalue weighted by Crippen LogP contribution is 2.30. The Bertz CT molecular complexity index is 1070. The Labute approximate surface area is 287 Å². The van der Waals surface area contributed by atoms with E-state index in [4.69, 9.17) is 0 Å². The number of nitrogens with zero attached hydrogens (tertiary/aromatic N) is 6. The first-order valence-corrected chi connectivity index (χ1v) is 18.6. The number of rotatable bonds is 2. The molecular formula is C38H70B2N6. The molecule has 0 bridgehead atoms. The molecule has 0 amide bonds. The van der Waals surface area contributed by atoms with Crippen molar-refractivity contribution in [3.63, 3.8) is 0 Å². The van der Waals surface area contributed by atoms with Crippen molar-refractivity contribution >= 4 is 38.3 Å². The molecule has 2 aromatic heterocycles. The Kier molecular flexibility index (Phi) is 29.4. The van der Waals surface area contributed by atoms with Gasteiger partial charge in [0, 0.05) is 43.7 Å². The van der Waals surface area contributed by atoms with E-state index >= 15 is 0 Å². The predicted molar refractivity (Wildman–Crippen MR) is 211 cm³/mol. The number of aromatic nitrogens is 4. The van der Waals surface area contributed by atoms with Crippen LogP contribution in [-0.2, 0) is 12.8 Å². The molecule has 0 unspecified atom stereocenters. The Morgan fingerprint density at radius 3 is 1.43 bits per heavy atom. The van der Waals surface area contributed by atoms with Gasteiger partial charge in [-0.1, -0.05) is 101 Å². The second kappa shape index (κ2) is 29.8. The fraction of sp³-hybridized carbons (Fsp3) is 0.684. The molecule has 6 rings (SSSR count). The molecule has 0 atom stereocenters. The number of anilines is 2. The van der Waals surface area contributed by atoms with Crippen molar-refractivity contribution in [1.82, 2.24) is 19.9 Å². The monoisotopic (exact) mass is 633 g/mol. The molecule has 8 heteroatoms. The van der Waals surface area contributed by atoms with Crippen molar-refractivity contribution in [2.75, 3.05) is 36.0 Å². The number of aryl methyl sites for hydroxylation is 2. The number of piperidine rings is 2. The quantitative estimate of drug-likeness (QED) is 0.307. The first kappa shape index (κ1) is 45.5. The Morgan fingerprint density at radius 2 is 0.935 bits per heavy atom. The van der Waals surface area contributed by atoms with Crippen molar-refractivity contribution in [2.24, 2.45) is 0 Å². The summed E-state index contributed by atoms with van der Waals surface area (Å²) in [6.07, 6.45) is 18.6. The molecule has 0 N–H and O–H groups in total. The fourth-order valence-electron chi connectivity index (χ4n) is 5.18. The summed E-state index contributed by atoms with van der Waals surface area (Å²) in [5.74, 6) is 4.15. The smallest absolute Gasteiger partial charge is 0.139 e. The van der Waals surface area contributed by atoms with E-state index in [0.717, 1.165) is 62.2 Å². The number of fused-ring (bicyclic) bond motifs is 2. The van der Waals surface area contributed by atoms with Gasteiger partial charge in [0.05, 0.1) is 11.4 Å². The number of hydrogen-bond acceptors (Lipinski definition) is 6. The van der Waals surface area contributed by atoms with E-state index in [1.54, 1.807) is 0 Å². The number of allylic oxidation sites excluding steroid dienone is 2. The fourth-order valence-corrected chi connectivity index (χ4v) is 5.18. The third-order valence-corrected chi connectivity index (χ3v) is 6.75. The van der Waals surface area contributed by atoms with Crippen LogP contribution in [-0.4, -0.2) is 60.7 Å². The van der Waals surface area contributed by atoms with Gasteiger partial charge in [0.25, 0.3) is 0 Å². The van der Waals surface area contributed by atoms with Crippen LogP contribution in [0.5, 0.6) is 0 Å². The SMILES string of the molecule is CC.CC.CC.CC.C[B]C.C[B]C.Cc1nc2c(c(N3CCCCC3)n1)C=CC2.Cc1nc2c(c(N3CCCCC3)n1)CC=C2. The lowest BCUT2D eigenvalue weighted by atomic mass is 9.88. The van der Waals surface area contributed by atoms with E-state index in [-0.39, 0.29) is 0 Å². The minimum absolute atomic E-state index is 0.894. The summed E-state index contributed by atoms with van der Waals surface area (Å²) in [6, 6.07) is 0. The first-order valence-electron chi connectivity index (χ1n) is 18.6. The van der Waals surface area contributed by atoms with Crippen molar-refractivity contribution in [1.29, 1.82) is 0 Å². The van der Waals surface area contributed by atoms with Gasteiger partial charge in [0.2, 0.25) is 0 Å². The van der Waals surface area contributed by atoms with Gasteiger partial charge in [0.1, 0.15) is 37.8 Å². The molecule has 4 heterocycles. The summed E-state index contributed by atoms with van der Waals surface area (Å²) < 4.78 is 0. The molecule has 4 aliphatic rings. The Hall–Kier alpha value is -2.63. The van der Waals surface area contributed by atoms with Crippen LogP contribution in [0.3, 0.4) is 0 Å². The minimum atomic E-state index is 0.894. The summed E-state index contributed by atoms with van der Waals surface area (Å²) in [5.41, 5.74) is 4.92. The number of hydrogen-bond donors (Lipinski definition) is 0. The molecule has 6 nitrogen and oxygen atoms in total. The lowest BCUT2D eigenvalue weighted by Crippen LogP contribution is -2.31. The van der Waals surface area contributed by atoms with E-state index in [1.807, 2.05) is 111 Å². The zero-order chi connectivity index (χ0) is 35.3. The molecule has 0 spiro atoms. The van der Waals surface area contributed by atoms with Crippen LogP contribution < -0.4 is 9.80 Å². The average molecular weight is 633 g/mol. The molecule has 2 aliphatic heterocycles. The van der Waals surface area contributed by atoms with Crippen LogP contribution in [0.1, 0.15) is 128 Å². The highest BCUT2D eigenvalue weighted by atomic mass is 15.2. The van der Waals surface area contributed by atoms with Gasteiger partial charge in [-0.15, -0.1) is 0 Å². The standard InChI is InChI=1S/2C13H17N3.2C2H6B.4C2H6/c2*1-10-14-12-7-5-6-11(12)13(15-10)16-8-3-2-4-9-16;2*1-3-2;4*1-2/h5,7H,2-4,6,8-9H2,1H3;5-6H,2-4,7-9H2,1H3;2*1-2H3;4*1-2H3. The average Bonchev–Trinajstić information content (AvgIpc) is 3.79. The minimum Gasteiger partial charge on any atom is -0.356 e. The summed E-state index contributed by atoms with van der Waals surface area (Å²) in [7, 11) is 4.00. The maximum Gasteiger partial charge on any atom is 0.139 e. The highest BCUT2D eigenvalue weighted by molar-refractivity contribution is 6.31. The Morgan fingerprint density at radius 1 is 0.522 bits per heavy atom. The first-order chi connectivity index (χ1) is 22.5. The van der Waals surface area contributed by atoms with Crippen LogP contribution in [0, 0.1) is 13.8 Å². The molecule has 2 saturated heterocycles. The van der Waals surface area contributed by atoms with Crippen LogP contribution in [0.15, 0.2) is 12.2 Å². The second-order valence-corrected chi connectivity index (χ2v) is 10.4. The normalized spacial score (nSPS) is 14.3. The predicted octanol–water partition coefficient (Wildman–Crippen LogP) is 10.4. The third kappa shape index (κ3) is 15.8. The highest BCUT2D eigenvalue weighted by Gasteiger charge is 2.21. The van der Waals surface area contributed by atoms with Gasteiger partial charge in [-0.05, 0) is 64.9 Å². The molecule has 0 aromatic carbocycles. The van der Waals surface area contributed by atoms with E-state index < -0.39 is 0 Å². The molecule has 46 heavy (non-hydrogen) atoms. The molecule has 0 saturated carbocycles. The van der Waals surface area contributed by atoms with Crippen molar-refractivity contribution < 1.29 is 0 Å². The van der Waals surface area contributed by atoms with E-state index in [2.05, 4.69) is 54.0 Å². The Balaban J connectivity index is 0. The maximum atomic E-state index is 4.64. The topological polar surface area (TPSA) is 58.0 Å². The summed E-state index contributed by atoms with van der Waals surface area (Å²) in [4.78, 5) is 23.1. The van der Waals surface area contributed by atoms with Crippen molar-refractivity contribution in [2.45, 2.75) is 148 Å².